The van der Waals surface area contributed by atoms with E-state index in [0.717, 1.165) is 18.2 Å². The molecule has 1 rings (SSSR count). The first-order valence-corrected chi connectivity index (χ1v) is 9.60. The average molecular weight is 415 g/mol. The first-order chi connectivity index (χ1) is 13.3. The second kappa shape index (κ2) is 10.4. The highest BCUT2D eigenvalue weighted by molar-refractivity contribution is 5.81. The number of benzene rings is 1. The zero-order chi connectivity index (χ0) is 22.4. The fourth-order valence-electron chi connectivity index (χ4n) is 2.44. The van der Waals surface area contributed by atoms with E-state index in [4.69, 9.17) is 14.2 Å². The smallest absolute Gasteiger partial charge is 0.408 e. The minimum atomic E-state index is -0.960. The van der Waals surface area contributed by atoms with Gasteiger partial charge in [-0.2, -0.15) is 0 Å². The van der Waals surface area contributed by atoms with Gasteiger partial charge >= 0.3 is 12.1 Å². The topological polar surface area (TPSA) is 73.9 Å². The molecule has 0 spiro atoms. The molecule has 0 unspecified atom stereocenters. The van der Waals surface area contributed by atoms with E-state index >= 15 is 0 Å². The van der Waals surface area contributed by atoms with Gasteiger partial charge in [-0.05, 0) is 59.1 Å². The molecule has 0 aromatic heterocycles. The number of nitrogens with one attached hydrogen (secondary N) is 1. The number of alkyl carbamates (subject to hydrolysis) is 1. The third-order valence-corrected chi connectivity index (χ3v) is 3.79. The van der Waals surface area contributed by atoms with Crippen LogP contribution in [0.1, 0.15) is 54.9 Å². The lowest BCUT2D eigenvalue weighted by molar-refractivity contribution is -0.155. The van der Waals surface area contributed by atoms with Crippen molar-refractivity contribution in [2.45, 2.75) is 78.7 Å². The molecule has 0 aliphatic heterocycles. The highest BCUT2D eigenvalue weighted by Crippen LogP contribution is 2.24. The van der Waals surface area contributed by atoms with Crippen LogP contribution in [0.15, 0.2) is 18.2 Å². The molecule has 1 aromatic rings. The van der Waals surface area contributed by atoms with Crippen molar-refractivity contribution < 1.29 is 32.6 Å². The van der Waals surface area contributed by atoms with E-state index < -0.39 is 47.5 Å². The predicted molar refractivity (Wildman–Crippen MR) is 105 cm³/mol. The number of carbonyl (C=O) groups excluding carboxylic acids is 2. The van der Waals surface area contributed by atoms with Gasteiger partial charge in [-0.1, -0.05) is 13.8 Å². The molecule has 0 fully saturated rings. The van der Waals surface area contributed by atoms with Gasteiger partial charge in [-0.15, -0.1) is 0 Å². The number of carbonyl (C=O) groups is 2. The second-order valence-electron chi connectivity index (χ2n) is 8.37. The Balaban J connectivity index is 2.78. The lowest BCUT2D eigenvalue weighted by atomic mass is 10.0. The molecule has 0 bridgehead atoms. The number of halogens is 2. The molecule has 0 saturated carbocycles. The Morgan fingerprint density at radius 1 is 1.10 bits per heavy atom. The number of rotatable bonds is 8. The molecule has 29 heavy (non-hydrogen) atoms. The number of hydrogen-bond donors (Lipinski definition) is 1. The largest absolute Gasteiger partial charge is 0.483 e. The minimum absolute atomic E-state index is 0.148. The summed E-state index contributed by atoms with van der Waals surface area (Å²) in [7, 11) is 0. The summed E-state index contributed by atoms with van der Waals surface area (Å²) in [5, 5.41) is 2.40. The third-order valence-electron chi connectivity index (χ3n) is 3.79. The number of hydrogen-bond acceptors (Lipinski definition) is 5. The predicted octanol–water partition coefficient (Wildman–Crippen LogP) is 4.60. The van der Waals surface area contributed by atoms with Crippen molar-refractivity contribution in [1.82, 2.24) is 5.32 Å². The zero-order valence-electron chi connectivity index (χ0n) is 18.0. The fourth-order valence-corrected chi connectivity index (χ4v) is 2.44. The van der Waals surface area contributed by atoms with Crippen LogP contribution in [0.2, 0.25) is 0 Å². The number of amides is 1. The van der Waals surface area contributed by atoms with Gasteiger partial charge in [0.05, 0.1) is 0 Å². The molecule has 1 N–H and O–H groups in total. The van der Waals surface area contributed by atoms with Gasteiger partial charge in [-0.3, -0.25) is 0 Å². The second-order valence-corrected chi connectivity index (χ2v) is 8.37. The van der Waals surface area contributed by atoms with Crippen LogP contribution < -0.4 is 10.1 Å². The average Bonchev–Trinajstić information content (AvgIpc) is 2.55. The van der Waals surface area contributed by atoms with Crippen molar-refractivity contribution in [2.75, 3.05) is 0 Å². The van der Waals surface area contributed by atoms with Crippen molar-refractivity contribution >= 4 is 12.1 Å². The van der Waals surface area contributed by atoms with E-state index in [1.54, 1.807) is 27.7 Å². The Labute approximate surface area is 170 Å². The van der Waals surface area contributed by atoms with Gasteiger partial charge in [0.15, 0.2) is 11.6 Å². The van der Waals surface area contributed by atoms with Gasteiger partial charge in [0.2, 0.25) is 0 Å². The van der Waals surface area contributed by atoms with Crippen LogP contribution in [-0.2, 0) is 14.3 Å². The summed E-state index contributed by atoms with van der Waals surface area (Å²) in [6.45, 7) is 12.0. The molecule has 6 nitrogen and oxygen atoms in total. The van der Waals surface area contributed by atoms with Gasteiger partial charge in [0, 0.05) is 6.07 Å². The standard InChI is InChI=1S/C21H31F2NO5/c1-12(2)10-17(28-18-11-15(22)8-9-16(18)23)14(4)27-19(25)13(3)24-20(26)29-21(5,6)7/h8-9,11-14,17H,10H2,1-7H3,(H,24,26)/t13-,14-,17+/m0/s1. The summed E-state index contributed by atoms with van der Waals surface area (Å²) in [5.74, 6) is -2.14. The summed E-state index contributed by atoms with van der Waals surface area (Å²) in [6, 6.07) is 1.95. The minimum Gasteiger partial charge on any atom is -0.483 e. The quantitative estimate of drug-likeness (QED) is 0.628. The van der Waals surface area contributed by atoms with Gasteiger partial charge < -0.3 is 19.5 Å². The molecule has 8 heteroatoms. The molecule has 0 aliphatic carbocycles. The van der Waals surface area contributed by atoms with Crippen molar-refractivity contribution in [3.8, 4) is 5.75 Å². The molecule has 0 radical (unpaired) electrons. The number of ether oxygens (including phenoxy) is 3. The van der Waals surface area contributed by atoms with Crippen molar-refractivity contribution in [1.29, 1.82) is 0 Å². The summed E-state index contributed by atoms with van der Waals surface area (Å²) in [4.78, 5) is 24.1. The lowest BCUT2D eigenvalue weighted by Gasteiger charge is -2.28. The van der Waals surface area contributed by atoms with Crippen LogP contribution in [0.4, 0.5) is 13.6 Å². The van der Waals surface area contributed by atoms with Crippen LogP contribution in [-0.4, -0.2) is 35.9 Å². The maximum atomic E-state index is 13.9. The Morgan fingerprint density at radius 3 is 2.28 bits per heavy atom. The van der Waals surface area contributed by atoms with E-state index in [0.29, 0.717) is 6.42 Å². The summed E-state index contributed by atoms with van der Waals surface area (Å²) in [5.41, 5.74) is -0.702. The maximum Gasteiger partial charge on any atom is 0.408 e. The Bertz CT molecular complexity index is 703. The van der Waals surface area contributed by atoms with Gasteiger partial charge in [-0.25, -0.2) is 18.4 Å². The summed E-state index contributed by atoms with van der Waals surface area (Å²) < 4.78 is 43.5. The SMILES string of the molecule is CC(C)C[C@@H](Oc1cc(F)ccc1F)[C@H](C)OC(=O)[C@H](C)NC(=O)OC(C)(C)C. The van der Waals surface area contributed by atoms with Gasteiger partial charge in [0.1, 0.15) is 29.7 Å². The van der Waals surface area contributed by atoms with Crippen molar-refractivity contribution in [2.24, 2.45) is 5.92 Å². The molecule has 0 saturated heterocycles. The molecular formula is C21H31F2NO5. The van der Waals surface area contributed by atoms with E-state index in [-0.39, 0.29) is 11.7 Å². The zero-order valence-corrected chi connectivity index (χ0v) is 18.0. The first-order valence-electron chi connectivity index (χ1n) is 9.60. The first kappa shape index (κ1) is 24.7. The Hall–Kier alpha value is -2.38. The van der Waals surface area contributed by atoms with Crippen molar-refractivity contribution in [3.63, 3.8) is 0 Å². The third kappa shape index (κ3) is 9.11. The van der Waals surface area contributed by atoms with E-state index in [2.05, 4.69) is 5.32 Å². The fraction of sp³-hybridized carbons (Fsp3) is 0.619. The normalized spacial score (nSPS) is 14.7. The molecule has 3 atom stereocenters. The van der Waals surface area contributed by atoms with E-state index in [9.17, 15) is 18.4 Å². The highest BCUT2D eigenvalue weighted by atomic mass is 19.1. The summed E-state index contributed by atoms with van der Waals surface area (Å²) in [6.07, 6.45) is -1.77. The van der Waals surface area contributed by atoms with Crippen LogP contribution in [0.25, 0.3) is 0 Å². The molecule has 0 aliphatic rings. The van der Waals surface area contributed by atoms with Crippen molar-refractivity contribution in [3.05, 3.63) is 29.8 Å². The monoisotopic (exact) mass is 415 g/mol. The molecule has 1 amide bonds. The lowest BCUT2D eigenvalue weighted by Crippen LogP contribution is -2.45. The number of esters is 1. The highest BCUT2D eigenvalue weighted by Gasteiger charge is 2.28. The van der Waals surface area contributed by atoms with Crippen LogP contribution in [0, 0.1) is 17.6 Å². The molecule has 164 valence electrons. The van der Waals surface area contributed by atoms with E-state index in [1.165, 1.54) is 6.92 Å². The van der Waals surface area contributed by atoms with Gasteiger partial charge in [0.25, 0.3) is 0 Å². The van der Waals surface area contributed by atoms with Crippen LogP contribution in [0.3, 0.4) is 0 Å². The van der Waals surface area contributed by atoms with Crippen LogP contribution >= 0.6 is 0 Å². The molecule has 1 aromatic carbocycles. The Morgan fingerprint density at radius 2 is 1.72 bits per heavy atom. The van der Waals surface area contributed by atoms with E-state index in [1.807, 2.05) is 13.8 Å². The van der Waals surface area contributed by atoms with Crippen LogP contribution in [0.5, 0.6) is 5.75 Å². The summed E-state index contributed by atoms with van der Waals surface area (Å²) >= 11 is 0. The molecular weight excluding hydrogens is 384 g/mol. The molecule has 0 heterocycles. The Kier molecular flexibility index (Phi) is 8.85. The maximum absolute atomic E-state index is 13.9.